The summed E-state index contributed by atoms with van der Waals surface area (Å²) >= 11 is 0. The number of aliphatic hydroxyl groups excluding tert-OH is 1. The predicted octanol–water partition coefficient (Wildman–Crippen LogP) is 5.22. The van der Waals surface area contributed by atoms with Gasteiger partial charge in [0.1, 0.15) is 11.5 Å². The van der Waals surface area contributed by atoms with Gasteiger partial charge in [-0.2, -0.15) is 0 Å². The smallest absolute Gasteiger partial charge is 0.507 e. The molecule has 1 saturated heterocycles. The summed E-state index contributed by atoms with van der Waals surface area (Å²) in [7, 11) is 0. The van der Waals surface area contributed by atoms with Crippen LogP contribution in [-0.4, -0.2) is 28.1 Å². The Morgan fingerprint density at radius 1 is 1.03 bits per heavy atom. The maximum Gasteiger partial charge on any atom is 0.573 e. The van der Waals surface area contributed by atoms with E-state index in [1.807, 2.05) is 13.8 Å². The topological polar surface area (TPSA) is 79.7 Å². The minimum absolute atomic E-state index is 0.142. The number of ether oxygens (including phenoxy) is 1. The third kappa shape index (κ3) is 4.36. The molecule has 1 unspecified atom stereocenters. The summed E-state index contributed by atoms with van der Waals surface area (Å²) in [6.45, 7) is 3.76. The number of benzene rings is 2. The minimum atomic E-state index is -4.87. The molecular formula is C25H19F3N2O4. The molecular weight excluding hydrogens is 449 g/mol. The number of halogens is 3. The number of amides is 1. The molecule has 0 aliphatic carbocycles. The number of aromatic nitrogens is 1. The SMILES string of the molecule is Cc1ccc(/C(O)=C2/C(=O)C(=O)N(c3ccc(OC(F)(F)F)cc3)C2c2cccnc2)cc1C. The molecule has 0 bridgehead atoms. The molecule has 2 aromatic carbocycles. The second kappa shape index (κ2) is 8.66. The van der Waals surface area contributed by atoms with Crippen molar-refractivity contribution in [2.45, 2.75) is 26.3 Å². The molecule has 1 aliphatic rings. The van der Waals surface area contributed by atoms with E-state index in [4.69, 9.17) is 0 Å². The molecule has 34 heavy (non-hydrogen) atoms. The van der Waals surface area contributed by atoms with Crippen molar-refractivity contribution < 1.29 is 32.6 Å². The van der Waals surface area contributed by atoms with Crippen molar-refractivity contribution >= 4 is 23.1 Å². The molecule has 0 spiro atoms. The van der Waals surface area contributed by atoms with Gasteiger partial charge in [0, 0.05) is 23.6 Å². The molecule has 0 saturated carbocycles. The number of carbonyl (C=O) groups excluding carboxylic acids is 2. The van der Waals surface area contributed by atoms with Crippen LogP contribution in [0.3, 0.4) is 0 Å². The lowest BCUT2D eigenvalue weighted by Gasteiger charge is -2.25. The average Bonchev–Trinajstić information content (AvgIpc) is 3.06. The van der Waals surface area contributed by atoms with Crippen molar-refractivity contribution in [2.24, 2.45) is 0 Å². The Labute approximate surface area is 192 Å². The largest absolute Gasteiger partial charge is 0.573 e. The van der Waals surface area contributed by atoms with Crippen molar-refractivity contribution in [2.75, 3.05) is 4.90 Å². The Kier molecular flexibility index (Phi) is 5.87. The summed E-state index contributed by atoms with van der Waals surface area (Å²) in [5, 5.41) is 11.1. The van der Waals surface area contributed by atoms with Crippen molar-refractivity contribution in [3.8, 4) is 5.75 Å². The zero-order valence-electron chi connectivity index (χ0n) is 18.1. The van der Waals surface area contributed by atoms with Gasteiger partial charge in [-0.1, -0.05) is 18.2 Å². The van der Waals surface area contributed by atoms with Crippen molar-refractivity contribution in [3.63, 3.8) is 0 Å². The molecule has 6 nitrogen and oxygen atoms in total. The summed E-state index contributed by atoms with van der Waals surface area (Å²) in [6.07, 6.45) is -1.90. The van der Waals surface area contributed by atoms with E-state index in [1.54, 1.807) is 30.3 Å². The van der Waals surface area contributed by atoms with Gasteiger partial charge in [0.15, 0.2) is 0 Å². The van der Waals surface area contributed by atoms with Gasteiger partial charge in [0.25, 0.3) is 11.7 Å². The van der Waals surface area contributed by atoms with Gasteiger partial charge in [0.2, 0.25) is 0 Å². The van der Waals surface area contributed by atoms with Gasteiger partial charge in [-0.3, -0.25) is 19.5 Å². The molecule has 2 heterocycles. The highest BCUT2D eigenvalue weighted by atomic mass is 19.4. The van der Waals surface area contributed by atoms with Gasteiger partial charge in [-0.25, -0.2) is 0 Å². The molecule has 1 aliphatic heterocycles. The van der Waals surface area contributed by atoms with Gasteiger partial charge in [-0.05, 0) is 66.9 Å². The number of pyridine rings is 1. The highest BCUT2D eigenvalue weighted by Crippen LogP contribution is 2.42. The number of aliphatic hydroxyl groups is 1. The minimum Gasteiger partial charge on any atom is -0.507 e. The zero-order chi connectivity index (χ0) is 24.6. The highest BCUT2D eigenvalue weighted by molar-refractivity contribution is 6.51. The maximum atomic E-state index is 13.1. The van der Waals surface area contributed by atoms with Crippen LogP contribution in [0.2, 0.25) is 0 Å². The van der Waals surface area contributed by atoms with E-state index in [9.17, 15) is 27.9 Å². The monoisotopic (exact) mass is 468 g/mol. The number of anilines is 1. The first-order chi connectivity index (χ1) is 16.1. The number of carbonyl (C=O) groups is 2. The Balaban J connectivity index is 1.85. The lowest BCUT2D eigenvalue weighted by Crippen LogP contribution is -2.29. The van der Waals surface area contributed by atoms with Crippen LogP contribution < -0.4 is 9.64 Å². The molecule has 1 fully saturated rings. The van der Waals surface area contributed by atoms with Gasteiger partial charge in [0.05, 0.1) is 11.6 Å². The molecule has 9 heteroatoms. The summed E-state index contributed by atoms with van der Waals surface area (Å²) in [5.74, 6) is -2.67. The first-order valence-electron chi connectivity index (χ1n) is 10.2. The normalized spacial score (nSPS) is 17.8. The lowest BCUT2D eigenvalue weighted by atomic mass is 9.95. The van der Waals surface area contributed by atoms with Crippen LogP contribution in [0.4, 0.5) is 18.9 Å². The number of ketones is 1. The second-order valence-electron chi connectivity index (χ2n) is 7.80. The molecule has 1 N–H and O–H groups in total. The fraction of sp³-hybridized carbons (Fsp3) is 0.160. The zero-order valence-corrected chi connectivity index (χ0v) is 18.1. The quantitative estimate of drug-likeness (QED) is 0.323. The Hall–Kier alpha value is -4.14. The van der Waals surface area contributed by atoms with E-state index in [2.05, 4.69) is 9.72 Å². The fourth-order valence-electron chi connectivity index (χ4n) is 3.80. The third-order valence-corrected chi connectivity index (χ3v) is 5.57. The van der Waals surface area contributed by atoms with E-state index in [0.29, 0.717) is 11.1 Å². The molecule has 1 atom stereocenters. The highest BCUT2D eigenvalue weighted by Gasteiger charge is 2.47. The van der Waals surface area contributed by atoms with E-state index in [1.165, 1.54) is 24.5 Å². The van der Waals surface area contributed by atoms with Crippen LogP contribution in [0.15, 0.2) is 72.6 Å². The third-order valence-electron chi connectivity index (χ3n) is 5.57. The Morgan fingerprint density at radius 2 is 1.74 bits per heavy atom. The van der Waals surface area contributed by atoms with Crippen LogP contribution >= 0.6 is 0 Å². The average molecular weight is 468 g/mol. The van der Waals surface area contributed by atoms with Crippen LogP contribution in [0.25, 0.3) is 5.76 Å². The summed E-state index contributed by atoms with van der Waals surface area (Å²) in [6, 6.07) is 11.9. The maximum absolute atomic E-state index is 13.1. The number of Topliss-reactive ketones (excluding diaryl/α,β-unsaturated/α-hetero) is 1. The van der Waals surface area contributed by atoms with Gasteiger partial charge >= 0.3 is 6.36 Å². The van der Waals surface area contributed by atoms with Crippen molar-refractivity contribution in [1.29, 1.82) is 0 Å². The number of nitrogens with zero attached hydrogens (tertiary/aromatic N) is 2. The number of hydrogen-bond acceptors (Lipinski definition) is 5. The second-order valence-corrected chi connectivity index (χ2v) is 7.80. The van der Waals surface area contributed by atoms with Gasteiger partial charge < -0.3 is 9.84 Å². The van der Waals surface area contributed by atoms with E-state index < -0.39 is 29.8 Å². The lowest BCUT2D eigenvalue weighted by molar-refractivity contribution is -0.274. The number of alkyl halides is 3. The number of hydrogen-bond donors (Lipinski definition) is 1. The standard InChI is InChI=1S/C25H19F3N2O4/c1-14-5-6-16(12-15(14)2)22(31)20-21(17-4-3-11-29-13-17)30(24(33)23(20)32)18-7-9-19(10-8-18)34-25(26,27)28/h3-13,21,31H,1-2H3/b22-20-. The predicted molar refractivity (Wildman–Crippen MR) is 118 cm³/mol. The van der Waals surface area contributed by atoms with E-state index in [0.717, 1.165) is 28.2 Å². The van der Waals surface area contributed by atoms with Crippen molar-refractivity contribution in [1.82, 2.24) is 4.98 Å². The van der Waals surface area contributed by atoms with E-state index >= 15 is 0 Å². The molecule has 4 rings (SSSR count). The molecule has 174 valence electrons. The van der Waals surface area contributed by atoms with Crippen LogP contribution in [0.1, 0.15) is 28.3 Å². The molecule has 3 aromatic rings. The van der Waals surface area contributed by atoms with Crippen LogP contribution in [0.5, 0.6) is 5.75 Å². The summed E-state index contributed by atoms with van der Waals surface area (Å²) in [4.78, 5) is 31.3. The Bertz CT molecular complexity index is 1290. The first kappa shape index (κ1) is 23.0. The fourth-order valence-corrected chi connectivity index (χ4v) is 3.80. The first-order valence-corrected chi connectivity index (χ1v) is 10.2. The van der Waals surface area contributed by atoms with Crippen molar-refractivity contribution in [3.05, 3.63) is 94.8 Å². The summed E-state index contributed by atoms with van der Waals surface area (Å²) < 4.78 is 41.5. The molecule has 0 radical (unpaired) electrons. The van der Waals surface area contributed by atoms with Crippen LogP contribution in [0, 0.1) is 13.8 Å². The number of rotatable bonds is 4. The Morgan fingerprint density at radius 3 is 2.32 bits per heavy atom. The molecule has 1 amide bonds. The van der Waals surface area contributed by atoms with Gasteiger partial charge in [-0.15, -0.1) is 13.2 Å². The molecule has 1 aromatic heterocycles. The van der Waals surface area contributed by atoms with Crippen LogP contribution in [-0.2, 0) is 9.59 Å². The number of aryl methyl sites for hydroxylation is 2. The summed E-state index contributed by atoms with van der Waals surface area (Å²) in [5.41, 5.74) is 2.70. The van der Waals surface area contributed by atoms with E-state index in [-0.39, 0.29) is 17.0 Å².